The fourth-order valence-corrected chi connectivity index (χ4v) is 1.54. The molecule has 0 aliphatic heterocycles. The van der Waals surface area contributed by atoms with Crippen LogP contribution in [0.25, 0.3) is 5.82 Å². The van der Waals surface area contributed by atoms with Gasteiger partial charge >= 0.3 is 0 Å². The van der Waals surface area contributed by atoms with Crippen molar-refractivity contribution in [3.8, 4) is 5.82 Å². The van der Waals surface area contributed by atoms with Gasteiger partial charge in [-0.2, -0.15) is 10.2 Å². The number of rotatable bonds is 2. The van der Waals surface area contributed by atoms with Crippen molar-refractivity contribution in [3.63, 3.8) is 0 Å². The quantitative estimate of drug-likeness (QED) is 0.572. The van der Waals surface area contributed by atoms with Gasteiger partial charge in [-0.25, -0.2) is 14.3 Å². The van der Waals surface area contributed by atoms with Crippen LogP contribution in [0.3, 0.4) is 0 Å². The topological polar surface area (TPSA) is 98.4 Å². The summed E-state index contributed by atoms with van der Waals surface area (Å²) in [7, 11) is 1.77. The van der Waals surface area contributed by atoms with Crippen LogP contribution in [0.15, 0.2) is 12.7 Å². The summed E-state index contributed by atoms with van der Waals surface area (Å²) in [4.78, 5) is 3.85. The molecule has 2 rings (SSSR count). The van der Waals surface area contributed by atoms with E-state index in [-0.39, 0.29) is 18.2 Å². The Morgan fingerprint density at radius 2 is 2.19 bits per heavy atom. The van der Waals surface area contributed by atoms with Gasteiger partial charge in [-0.15, -0.1) is 12.4 Å². The highest BCUT2D eigenvalue weighted by Crippen LogP contribution is 2.15. The van der Waals surface area contributed by atoms with Crippen molar-refractivity contribution in [1.29, 1.82) is 5.41 Å². The second-order valence-corrected chi connectivity index (χ2v) is 3.16. The second-order valence-electron chi connectivity index (χ2n) is 3.16. The Hall–Kier alpha value is -1.89. The van der Waals surface area contributed by atoms with Gasteiger partial charge in [0.25, 0.3) is 0 Å². The number of aryl methyl sites for hydroxylation is 2. The SMILES string of the molecule is Cc1nn(C)c(-n2cncn2)c1C(=N)N.Cl. The van der Waals surface area contributed by atoms with E-state index in [9.17, 15) is 0 Å². The number of nitrogens with two attached hydrogens (primary N) is 1. The zero-order valence-electron chi connectivity index (χ0n) is 8.88. The lowest BCUT2D eigenvalue weighted by Gasteiger charge is -2.03. The van der Waals surface area contributed by atoms with Crippen molar-refractivity contribution < 1.29 is 0 Å². The highest BCUT2D eigenvalue weighted by molar-refractivity contribution is 5.99. The zero-order chi connectivity index (χ0) is 11.0. The van der Waals surface area contributed by atoms with E-state index in [0.717, 1.165) is 0 Å². The van der Waals surface area contributed by atoms with E-state index in [1.807, 2.05) is 0 Å². The standard InChI is InChI=1S/C8H11N7.ClH/c1-5-6(7(9)10)8(14(2)13-5)15-4-11-3-12-15;/h3-4H,1-2H3,(H3,9,10);1H. The highest BCUT2D eigenvalue weighted by atomic mass is 35.5. The zero-order valence-corrected chi connectivity index (χ0v) is 9.69. The molecule has 0 fully saturated rings. The lowest BCUT2D eigenvalue weighted by Crippen LogP contribution is -2.16. The predicted octanol–water partition coefficient (Wildman–Crippen LogP) is 0.0151. The minimum Gasteiger partial charge on any atom is -0.384 e. The second kappa shape index (κ2) is 4.31. The van der Waals surface area contributed by atoms with Gasteiger partial charge in [-0.3, -0.25) is 5.41 Å². The summed E-state index contributed by atoms with van der Waals surface area (Å²) in [5, 5.41) is 15.7. The van der Waals surface area contributed by atoms with Gasteiger partial charge in [0.15, 0.2) is 5.82 Å². The van der Waals surface area contributed by atoms with E-state index in [2.05, 4.69) is 15.2 Å². The van der Waals surface area contributed by atoms with Crippen LogP contribution in [0.1, 0.15) is 11.3 Å². The van der Waals surface area contributed by atoms with Crippen molar-refractivity contribution in [2.75, 3.05) is 0 Å². The number of nitrogens with one attached hydrogen (secondary N) is 1. The van der Waals surface area contributed by atoms with E-state index in [1.165, 1.54) is 11.0 Å². The van der Waals surface area contributed by atoms with E-state index in [1.54, 1.807) is 25.0 Å². The molecular formula is C8H12ClN7. The van der Waals surface area contributed by atoms with Crippen LogP contribution in [0.4, 0.5) is 0 Å². The molecule has 0 atom stereocenters. The molecule has 0 spiro atoms. The van der Waals surface area contributed by atoms with E-state index in [0.29, 0.717) is 17.1 Å². The van der Waals surface area contributed by atoms with Gasteiger partial charge in [0, 0.05) is 7.05 Å². The molecule has 2 aromatic heterocycles. The Morgan fingerprint density at radius 3 is 2.69 bits per heavy atom. The molecule has 2 heterocycles. The van der Waals surface area contributed by atoms with Gasteiger partial charge < -0.3 is 5.73 Å². The normalized spacial score (nSPS) is 9.88. The fraction of sp³-hybridized carbons (Fsp3) is 0.250. The summed E-state index contributed by atoms with van der Waals surface area (Å²) in [6, 6.07) is 0. The average molecular weight is 242 g/mol. The first kappa shape index (κ1) is 12.2. The molecule has 3 N–H and O–H groups in total. The van der Waals surface area contributed by atoms with Crippen LogP contribution in [-0.4, -0.2) is 30.4 Å². The predicted molar refractivity (Wildman–Crippen MR) is 61.1 cm³/mol. The number of aromatic nitrogens is 5. The molecule has 86 valence electrons. The summed E-state index contributed by atoms with van der Waals surface area (Å²) in [5.74, 6) is 0.628. The smallest absolute Gasteiger partial charge is 0.164 e. The number of halogens is 1. The number of hydrogen-bond donors (Lipinski definition) is 2. The van der Waals surface area contributed by atoms with Crippen molar-refractivity contribution in [3.05, 3.63) is 23.9 Å². The number of nitrogens with zero attached hydrogens (tertiary/aromatic N) is 5. The highest BCUT2D eigenvalue weighted by Gasteiger charge is 2.17. The third-order valence-corrected chi connectivity index (χ3v) is 2.10. The first-order chi connectivity index (χ1) is 7.11. The molecule has 0 amide bonds. The summed E-state index contributed by atoms with van der Waals surface area (Å²) >= 11 is 0. The maximum absolute atomic E-state index is 7.50. The molecule has 2 aromatic rings. The summed E-state index contributed by atoms with van der Waals surface area (Å²) in [5.41, 5.74) is 6.79. The molecule has 8 heteroatoms. The molecule has 0 aromatic carbocycles. The molecule has 0 aliphatic rings. The van der Waals surface area contributed by atoms with Gasteiger partial charge in [0.1, 0.15) is 18.5 Å². The Kier molecular flexibility index (Phi) is 3.28. The summed E-state index contributed by atoms with van der Waals surface area (Å²) in [6.07, 6.45) is 2.97. The Balaban J connectivity index is 0.00000128. The first-order valence-corrected chi connectivity index (χ1v) is 4.34. The van der Waals surface area contributed by atoms with Crippen LogP contribution >= 0.6 is 12.4 Å². The molecule has 0 saturated carbocycles. The third kappa shape index (κ3) is 1.76. The van der Waals surface area contributed by atoms with Gasteiger partial charge in [0.2, 0.25) is 0 Å². The third-order valence-electron chi connectivity index (χ3n) is 2.10. The van der Waals surface area contributed by atoms with Gasteiger partial charge in [-0.05, 0) is 6.92 Å². The molecule has 0 bridgehead atoms. The molecule has 0 unspecified atom stereocenters. The largest absolute Gasteiger partial charge is 0.384 e. The minimum absolute atomic E-state index is 0. The van der Waals surface area contributed by atoms with Crippen LogP contribution in [0.5, 0.6) is 0 Å². The molecule has 7 nitrogen and oxygen atoms in total. The number of amidine groups is 1. The van der Waals surface area contributed by atoms with E-state index < -0.39 is 0 Å². The van der Waals surface area contributed by atoms with Crippen LogP contribution in [0, 0.1) is 12.3 Å². The molecule has 0 aliphatic carbocycles. The first-order valence-electron chi connectivity index (χ1n) is 4.34. The van der Waals surface area contributed by atoms with Crippen molar-refractivity contribution >= 4 is 18.2 Å². The van der Waals surface area contributed by atoms with Gasteiger partial charge in [-0.1, -0.05) is 0 Å². The fourth-order valence-electron chi connectivity index (χ4n) is 1.54. The van der Waals surface area contributed by atoms with Crippen molar-refractivity contribution in [2.24, 2.45) is 12.8 Å². The lowest BCUT2D eigenvalue weighted by molar-refractivity contribution is 0.693. The number of nitrogen functional groups attached to an aromatic ring is 1. The number of hydrogen-bond acceptors (Lipinski definition) is 4. The Morgan fingerprint density at radius 1 is 1.50 bits per heavy atom. The molecule has 16 heavy (non-hydrogen) atoms. The molecule has 0 radical (unpaired) electrons. The van der Waals surface area contributed by atoms with Crippen molar-refractivity contribution in [1.82, 2.24) is 24.5 Å². The Bertz CT molecular complexity index is 499. The maximum Gasteiger partial charge on any atom is 0.164 e. The van der Waals surface area contributed by atoms with E-state index >= 15 is 0 Å². The monoisotopic (exact) mass is 241 g/mol. The van der Waals surface area contributed by atoms with Gasteiger partial charge in [0.05, 0.1) is 11.3 Å². The molecular weight excluding hydrogens is 230 g/mol. The maximum atomic E-state index is 7.50. The lowest BCUT2D eigenvalue weighted by atomic mass is 10.2. The van der Waals surface area contributed by atoms with E-state index in [4.69, 9.17) is 11.1 Å². The average Bonchev–Trinajstić information content (AvgIpc) is 2.71. The van der Waals surface area contributed by atoms with Crippen LogP contribution in [-0.2, 0) is 7.05 Å². The summed E-state index contributed by atoms with van der Waals surface area (Å²) in [6.45, 7) is 1.80. The van der Waals surface area contributed by atoms with Crippen molar-refractivity contribution in [2.45, 2.75) is 6.92 Å². The van der Waals surface area contributed by atoms with Crippen LogP contribution in [0.2, 0.25) is 0 Å². The minimum atomic E-state index is -0.0221. The van der Waals surface area contributed by atoms with Crippen LogP contribution < -0.4 is 5.73 Å². The summed E-state index contributed by atoms with van der Waals surface area (Å²) < 4.78 is 3.16. The molecule has 0 saturated heterocycles. The Labute approximate surface area is 98.2 Å².